The first-order chi connectivity index (χ1) is 17.9. The van der Waals surface area contributed by atoms with Crippen LogP contribution in [0.1, 0.15) is 27.9 Å². The fraction of sp³-hybridized carbons (Fsp3) is 0.0833. The zero-order valence-corrected chi connectivity index (χ0v) is 19.2. The van der Waals surface area contributed by atoms with Crippen LogP contribution in [0, 0.1) is 17.5 Å². The van der Waals surface area contributed by atoms with Gasteiger partial charge in [-0.15, -0.1) is 11.3 Å². The second-order valence-electron chi connectivity index (χ2n) is 7.56. The molecule has 0 aliphatic heterocycles. The Morgan fingerprint density at radius 1 is 0.947 bits per heavy atom. The van der Waals surface area contributed by atoms with Crippen molar-refractivity contribution < 1.29 is 49.4 Å². The lowest BCUT2D eigenvalue weighted by Gasteiger charge is -2.15. The van der Waals surface area contributed by atoms with Crippen molar-refractivity contribution in [3.63, 3.8) is 0 Å². The molecule has 0 bridgehead atoms. The molecule has 0 atom stereocenters. The number of alkyl halides is 5. The first kappa shape index (κ1) is 26.9. The second-order valence-corrected chi connectivity index (χ2v) is 8.48. The number of nitrogens with one attached hydrogen (secondary N) is 2. The van der Waals surface area contributed by atoms with Crippen LogP contribution in [-0.2, 0) is 6.18 Å². The molecule has 1 aromatic heterocycles. The van der Waals surface area contributed by atoms with Crippen LogP contribution in [0.4, 0.5) is 45.6 Å². The van der Waals surface area contributed by atoms with Gasteiger partial charge in [0.15, 0.2) is 29.0 Å². The molecule has 3 amide bonds. The molecule has 0 saturated carbocycles. The van der Waals surface area contributed by atoms with E-state index >= 15 is 0 Å². The van der Waals surface area contributed by atoms with Crippen LogP contribution < -0.4 is 15.4 Å². The number of carbonyl (C=O) groups is 2. The normalized spacial score (nSPS) is 11.6. The molecular formula is C24H12F8N2O3S. The van der Waals surface area contributed by atoms with Gasteiger partial charge in [0, 0.05) is 34.3 Å². The number of amides is 3. The van der Waals surface area contributed by atoms with E-state index in [2.05, 4.69) is 0 Å². The highest BCUT2D eigenvalue weighted by atomic mass is 32.1. The molecule has 14 heteroatoms. The quantitative estimate of drug-likeness (QED) is 0.243. The van der Waals surface area contributed by atoms with Crippen LogP contribution >= 0.6 is 11.3 Å². The van der Waals surface area contributed by atoms with Crippen molar-refractivity contribution in [2.24, 2.45) is 0 Å². The number of imide groups is 1. The number of hydrogen-bond donors (Lipinski definition) is 2. The summed E-state index contributed by atoms with van der Waals surface area (Å²) in [5, 5.41) is 4.38. The third kappa shape index (κ3) is 5.39. The summed E-state index contributed by atoms with van der Waals surface area (Å²) in [6, 6.07) is 5.48. The Hall–Kier alpha value is -4.20. The van der Waals surface area contributed by atoms with E-state index in [4.69, 9.17) is 4.74 Å². The summed E-state index contributed by atoms with van der Waals surface area (Å²) >= 11 is 0.626. The Kier molecular flexibility index (Phi) is 7.26. The zero-order valence-electron chi connectivity index (χ0n) is 18.4. The number of ether oxygens (including phenoxy) is 1. The van der Waals surface area contributed by atoms with E-state index < -0.39 is 86.0 Å². The molecule has 0 spiro atoms. The van der Waals surface area contributed by atoms with Crippen LogP contribution in [0.2, 0.25) is 0 Å². The van der Waals surface area contributed by atoms with E-state index in [9.17, 15) is 44.7 Å². The lowest BCUT2D eigenvalue weighted by Crippen LogP contribution is -2.35. The molecule has 2 N–H and O–H groups in total. The highest BCUT2D eigenvalue weighted by Crippen LogP contribution is 2.43. The summed E-state index contributed by atoms with van der Waals surface area (Å²) < 4.78 is 115. The van der Waals surface area contributed by atoms with Crippen LogP contribution in [0.5, 0.6) is 11.5 Å². The fourth-order valence-electron chi connectivity index (χ4n) is 3.45. The van der Waals surface area contributed by atoms with Crippen molar-refractivity contribution in [1.29, 1.82) is 0 Å². The third-order valence-corrected chi connectivity index (χ3v) is 5.99. The Labute approximate surface area is 211 Å². The standard InChI is InChI=1S/C24H12F8N2O3S/c25-15-7-10(33-23(36)34-22(35)12-4-2-1-3-11(12)21(28)29)8-16(26)19(15)37-17-9-14(24(30,31)32)13-5-6-38-20(13)18(17)27/h1-9,21H,(H2,33,34,35,36). The van der Waals surface area contributed by atoms with E-state index in [1.165, 1.54) is 17.5 Å². The molecule has 0 radical (unpaired) electrons. The average molecular weight is 560 g/mol. The van der Waals surface area contributed by atoms with Gasteiger partial charge in [-0.2, -0.15) is 13.2 Å². The van der Waals surface area contributed by atoms with Crippen LogP contribution in [0.3, 0.4) is 0 Å². The van der Waals surface area contributed by atoms with Gasteiger partial charge in [-0.05, 0) is 23.6 Å². The maximum Gasteiger partial charge on any atom is 0.417 e. The highest BCUT2D eigenvalue weighted by molar-refractivity contribution is 7.17. The number of carbonyl (C=O) groups excluding carboxylic acids is 2. The predicted octanol–water partition coefficient (Wildman–Crippen LogP) is 8.03. The number of halogens is 8. The van der Waals surface area contributed by atoms with Crippen LogP contribution in [0.15, 0.2) is 53.9 Å². The van der Waals surface area contributed by atoms with Gasteiger partial charge in [0.25, 0.3) is 12.3 Å². The topological polar surface area (TPSA) is 67.4 Å². The molecule has 0 unspecified atom stereocenters. The number of anilines is 1. The van der Waals surface area contributed by atoms with E-state index in [1.54, 1.807) is 5.32 Å². The fourth-order valence-corrected chi connectivity index (χ4v) is 4.30. The highest BCUT2D eigenvalue weighted by Gasteiger charge is 2.35. The number of urea groups is 1. The Morgan fingerprint density at radius 3 is 2.24 bits per heavy atom. The first-order valence-corrected chi connectivity index (χ1v) is 11.2. The van der Waals surface area contributed by atoms with Crippen LogP contribution in [-0.4, -0.2) is 11.9 Å². The number of hydrogen-bond acceptors (Lipinski definition) is 4. The van der Waals surface area contributed by atoms with Gasteiger partial charge in [-0.3, -0.25) is 10.1 Å². The number of fused-ring (bicyclic) bond motifs is 1. The Morgan fingerprint density at radius 2 is 1.61 bits per heavy atom. The lowest BCUT2D eigenvalue weighted by molar-refractivity contribution is -0.136. The molecule has 0 fully saturated rings. The van der Waals surface area contributed by atoms with E-state index in [0.29, 0.717) is 23.5 Å². The second kappa shape index (κ2) is 10.3. The molecule has 4 rings (SSSR count). The van der Waals surface area contributed by atoms with Crippen molar-refractivity contribution in [2.45, 2.75) is 12.6 Å². The average Bonchev–Trinajstić information content (AvgIpc) is 3.32. The van der Waals surface area contributed by atoms with Gasteiger partial charge < -0.3 is 10.1 Å². The SMILES string of the molecule is O=C(NC(=O)c1ccccc1C(F)F)Nc1cc(F)c(Oc2cc(C(F)(F)F)c3ccsc3c2F)c(F)c1. The van der Waals surface area contributed by atoms with Crippen molar-refractivity contribution in [1.82, 2.24) is 5.32 Å². The summed E-state index contributed by atoms with van der Waals surface area (Å²) in [5.41, 5.74) is -3.02. The molecule has 198 valence electrons. The monoisotopic (exact) mass is 560 g/mol. The molecule has 3 aromatic carbocycles. The largest absolute Gasteiger partial charge is 0.448 e. The minimum atomic E-state index is -4.92. The Bertz CT molecular complexity index is 1530. The summed E-state index contributed by atoms with van der Waals surface area (Å²) in [4.78, 5) is 24.3. The van der Waals surface area contributed by atoms with Crippen molar-refractivity contribution in [2.75, 3.05) is 5.32 Å². The minimum absolute atomic E-state index is 0.270. The van der Waals surface area contributed by atoms with Crippen molar-refractivity contribution >= 4 is 39.0 Å². The smallest absolute Gasteiger partial charge is 0.417 e. The zero-order chi connectivity index (χ0) is 27.8. The van der Waals surface area contributed by atoms with E-state index in [-0.39, 0.29) is 6.07 Å². The van der Waals surface area contributed by atoms with Gasteiger partial charge in [0.05, 0.1) is 10.3 Å². The van der Waals surface area contributed by atoms with Gasteiger partial charge in [-0.25, -0.2) is 26.7 Å². The third-order valence-electron chi connectivity index (χ3n) is 5.09. The van der Waals surface area contributed by atoms with E-state index in [0.717, 1.165) is 18.2 Å². The van der Waals surface area contributed by atoms with Gasteiger partial charge >= 0.3 is 12.2 Å². The summed E-state index contributed by atoms with van der Waals surface area (Å²) in [6.07, 6.45) is -7.94. The summed E-state index contributed by atoms with van der Waals surface area (Å²) in [7, 11) is 0. The summed E-state index contributed by atoms with van der Waals surface area (Å²) in [6.45, 7) is 0. The van der Waals surface area contributed by atoms with E-state index in [1.807, 2.05) is 5.32 Å². The molecule has 4 aromatic rings. The molecule has 0 aliphatic carbocycles. The number of thiophene rings is 1. The lowest BCUT2D eigenvalue weighted by atomic mass is 10.1. The predicted molar refractivity (Wildman–Crippen MR) is 121 cm³/mol. The minimum Gasteiger partial charge on any atom is -0.448 e. The van der Waals surface area contributed by atoms with Crippen LogP contribution in [0.25, 0.3) is 10.1 Å². The maximum atomic E-state index is 14.7. The molecular weight excluding hydrogens is 548 g/mol. The summed E-state index contributed by atoms with van der Waals surface area (Å²) in [5.74, 6) is -7.92. The molecule has 0 saturated heterocycles. The van der Waals surface area contributed by atoms with Gasteiger partial charge in [0.1, 0.15) is 0 Å². The molecule has 0 aliphatic rings. The molecule has 5 nitrogen and oxygen atoms in total. The number of rotatable bonds is 5. The Balaban J connectivity index is 1.55. The van der Waals surface area contributed by atoms with Crippen molar-refractivity contribution in [3.05, 3.63) is 88.1 Å². The maximum absolute atomic E-state index is 14.7. The molecule has 1 heterocycles. The van der Waals surface area contributed by atoms with Crippen molar-refractivity contribution in [3.8, 4) is 11.5 Å². The van der Waals surface area contributed by atoms with Gasteiger partial charge in [-0.1, -0.05) is 18.2 Å². The van der Waals surface area contributed by atoms with Gasteiger partial charge in [0.2, 0.25) is 0 Å². The number of benzene rings is 3. The first-order valence-electron chi connectivity index (χ1n) is 10.3. The molecule has 38 heavy (non-hydrogen) atoms.